The van der Waals surface area contributed by atoms with Gasteiger partial charge in [-0.25, -0.2) is 4.79 Å². The average molecular weight is 423 g/mol. The molecule has 0 bridgehead atoms. The molecule has 2 aromatic carbocycles. The molecular weight excluding hydrogens is 408 g/mol. The van der Waals surface area contributed by atoms with Crippen molar-refractivity contribution in [1.82, 2.24) is 5.32 Å². The average Bonchev–Trinajstić information content (AvgIpc) is 2.59. The Morgan fingerprint density at radius 3 is 2.52 bits per heavy atom. The summed E-state index contributed by atoms with van der Waals surface area (Å²) in [7, 11) is 1.31. The summed E-state index contributed by atoms with van der Waals surface area (Å²) in [6.07, 6.45) is 0. The van der Waals surface area contributed by atoms with Crippen LogP contribution in [0.4, 0.5) is 5.69 Å². The largest absolute Gasteiger partial charge is 0.484 e. The molecule has 0 radical (unpaired) electrons. The highest BCUT2D eigenvalue weighted by atomic mass is 79.9. The van der Waals surface area contributed by atoms with E-state index in [1.165, 1.54) is 7.11 Å². The van der Waals surface area contributed by atoms with E-state index in [9.17, 15) is 9.59 Å². The molecule has 0 spiro atoms. The maximum absolute atomic E-state index is 11.9. The SMILES string of the molecule is COC(=O)c1ccc(OCC(=O)NC(=S)Nc2cccc(Br)c2)cc1. The summed E-state index contributed by atoms with van der Waals surface area (Å²) in [6.45, 7) is -0.210. The Kier molecular flexibility index (Phi) is 6.91. The molecule has 0 fully saturated rings. The molecule has 25 heavy (non-hydrogen) atoms. The summed E-state index contributed by atoms with van der Waals surface area (Å²) < 4.78 is 10.8. The monoisotopic (exact) mass is 422 g/mol. The lowest BCUT2D eigenvalue weighted by molar-refractivity contribution is -0.121. The third kappa shape index (κ3) is 6.17. The van der Waals surface area contributed by atoms with Crippen LogP contribution in [0.1, 0.15) is 10.4 Å². The van der Waals surface area contributed by atoms with Crippen molar-refractivity contribution in [3.8, 4) is 5.75 Å². The fraction of sp³-hybridized carbons (Fsp3) is 0.118. The first-order valence-corrected chi connectivity index (χ1v) is 8.35. The zero-order chi connectivity index (χ0) is 18.2. The maximum atomic E-state index is 11.9. The second-order valence-electron chi connectivity index (χ2n) is 4.82. The lowest BCUT2D eigenvalue weighted by Crippen LogP contribution is -2.37. The molecule has 0 saturated carbocycles. The van der Waals surface area contributed by atoms with Crippen LogP contribution < -0.4 is 15.4 Å². The van der Waals surface area contributed by atoms with Gasteiger partial charge in [0.25, 0.3) is 5.91 Å². The number of halogens is 1. The van der Waals surface area contributed by atoms with Crippen molar-refractivity contribution < 1.29 is 19.1 Å². The Balaban J connectivity index is 1.80. The highest BCUT2D eigenvalue weighted by molar-refractivity contribution is 9.10. The summed E-state index contributed by atoms with van der Waals surface area (Å²) >= 11 is 8.43. The first-order valence-electron chi connectivity index (χ1n) is 7.15. The van der Waals surface area contributed by atoms with Gasteiger partial charge in [-0.2, -0.15) is 0 Å². The van der Waals surface area contributed by atoms with E-state index in [4.69, 9.17) is 17.0 Å². The minimum atomic E-state index is -0.437. The number of hydrogen-bond acceptors (Lipinski definition) is 5. The summed E-state index contributed by atoms with van der Waals surface area (Å²) in [5.41, 5.74) is 1.15. The maximum Gasteiger partial charge on any atom is 0.337 e. The number of thiocarbonyl (C=S) groups is 1. The van der Waals surface area contributed by atoms with Crippen LogP contribution in [0.25, 0.3) is 0 Å². The van der Waals surface area contributed by atoms with Crippen LogP contribution in [0.2, 0.25) is 0 Å². The molecule has 0 unspecified atom stereocenters. The van der Waals surface area contributed by atoms with Gasteiger partial charge in [-0.05, 0) is 54.7 Å². The number of benzene rings is 2. The number of amides is 1. The molecule has 130 valence electrons. The van der Waals surface area contributed by atoms with Crippen molar-refractivity contribution in [1.29, 1.82) is 0 Å². The minimum Gasteiger partial charge on any atom is -0.484 e. The number of methoxy groups -OCH3 is 1. The molecule has 2 aromatic rings. The molecule has 0 aliphatic heterocycles. The second kappa shape index (κ2) is 9.14. The van der Waals surface area contributed by atoms with E-state index in [-0.39, 0.29) is 11.7 Å². The number of esters is 1. The van der Waals surface area contributed by atoms with Gasteiger partial charge >= 0.3 is 5.97 Å². The van der Waals surface area contributed by atoms with E-state index in [0.717, 1.165) is 10.2 Å². The number of ether oxygens (including phenoxy) is 2. The predicted octanol–water partition coefficient (Wildman–Crippen LogP) is 3.13. The van der Waals surface area contributed by atoms with Crippen LogP contribution in [-0.2, 0) is 9.53 Å². The van der Waals surface area contributed by atoms with E-state index in [0.29, 0.717) is 11.3 Å². The van der Waals surface area contributed by atoms with Crippen LogP contribution in [0.3, 0.4) is 0 Å². The Morgan fingerprint density at radius 1 is 1.16 bits per heavy atom. The van der Waals surface area contributed by atoms with Crippen LogP contribution in [0.15, 0.2) is 53.0 Å². The third-order valence-corrected chi connectivity index (χ3v) is 3.68. The first kappa shape index (κ1) is 18.9. The van der Waals surface area contributed by atoms with Gasteiger partial charge in [0.2, 0.25) is 0 Å². The van der Waals surface area contributed by atoms with Crippen molar-refractivity contribution in [2.45, 2.75) is 0 Å². The fourth-order valence-corrected chi connectivity index (χ4v) is 2.48. The van der Waals surface area contributed by atoms with E-state index in [2.05, 4.69) is 31.3 Å². The molecule has 1 amide bonds. The van der Waals surface area contributed by atoms with E-state index < -0.39 is 11.9 Å². The number of carbonyl (C=O) groups is 2. The second-order valence-corrected chi connectivity index (χ2v) is 6.14. The quantitative estimate of drug-likeness (QED) is 0.569. The van der Waals surface area contributed by atoms with Crippen LogP contribution in [0.5, 0.6) is 5.75 Å². The molecule has 8 heteroatoms. The van der Waals surface area contributed by atoms with Gasteiger partial charge in [0, 0.05) is 10.2 Å². The smallest absolute Gasteiger partial charge is 0.337 e. The van der Waals surface area contributed by atoms with Gasteiger partial charge in [-0.1, -0.05) is 22.0 Å². The Labute approximate surface area is 158 Å². The molecule has 0 aromatic heterocycles. The Hall–Kier alpha value is -2.45. The summed E-state index contributed by atoms with van der Waals surface area (Å²) in [5, 5.41) is 5.60. The standard InChI is InChI=1S/C17H15BrN2O4S/c1-23-16(22)11-5-7-14(8-6-11)24-10-15(21)20-17(25)19-13-4-2-3-12(18)9-13/h2-9H,10H2,1H3,(H2,19,20,21,25). The number of anilines is 1. The van der Waals surface area contributed by atoms with E-state index in [1.807, 2.05) is 24.3 Å². The summed E-state index contributed by atoms with van der Waals surface area (Å²) in [4.78, 5) is 23.2. The van der Waals surface area contributed by atoms with Crippen LogP contribution in [-0.4, -0.2) is 30.7 Å². The zero-order valence-electron chi connectivity index (χ0n) is 13.2. The van der Waals surface area contributed by atoms with Gasteiger partial charge in [0.1, 0.15) is 5.75 Å². The Bertz CT molecular complexity index is 780. The summed E-state index contributed by atoms with van der Waals surface area (Å²) in [5.74, 6) is -0.383. The van der Waals surface area contributed by atoms with Crippen LogP contribution in [0, 0.1) is 0 Å². The van der Waals surface area contributed by atoms with Crippen molar-refractivity contribution in [2.75, 3.05) is 19.0 Å². The van der Waals surface area contributed by atoms with Gasteiger partial charge in [0.05, 0.1) is 12.7 Å². The molecule has 2 rings (SSSR count). The third-order valence-electron chi connectivity index (χ3n) is 2.98. The molecule has 0 heterocycles. The van der Waals surface area contributed by atoms with Crippen LogP contribution >= 0.6 is 28.1 Å². The normalized spacial score (nSPS) is 9.84. The molecule has 0 saturated heterocycles. The van der Waals surface area contributed by atoms with Crippen molar-refractivity contribution in [3.63, 3.8) is 0 Å². The summed E-state index contributed by atoms with van der Waals surface area (Å²) in [6, 6.07) is 13.6. The molecule has 0 aliphatic rings. The van der Waals surface area contributed by atoms with Crippen molar-refractivity contribution in [2.24, 2.45) is 0 Å². The fourth-order valence-electron chi connectivity index (χ4n) is 1.85. The topological polar surface area (TPSA) is 76.7 Å². The number of rotatable bonds is 5. The number of hydrogen-bond donors (Lipinski definition) is 2. The van der Waals surface area contributed by atoms with Crippen molar-refractivity contribution in [3.05, 3.63) is 58.6 Å². The van der Waals surface area contributed by atoms with Gasteiger partial charge in [-0.15, -0.1) is 0 Å². The molecule has 0 aliphatic carbocycles. The minimum absolute atomic E-state index is 0.174. The number of nitrogens with one attached hydrogen (secondary N) is 2. The van der Waals surface area contributed by atoms with E-state index in [1.54, 1.807) is 24.3 Å². The first-order chi connectivity index (χ1) is 12.0. The highest BCUT2D eigenvalue weighted by Crippen LogP contribution is 2.15. The Morgan fingerprint density at radius 2 is 1.88 bits per heavy atom. The molecule has 6 nitrogen and oxygen atoms in total. The lowest BCUT2D eigenvalue weighted by Gasteiger charge is -2.10. The predicted molar refractivity (Wildman–Crippen MR) is 102 cm³/mol. The van der Waals surface area contributed by atoms with Crippen molar-refractivity contribution >= 4 is 50.8 Å². The molecule has 2 N–H and O–H groups in total. The number of carbonyl (C=O) groups excluding carboxylic acids is 2. The zero-order valence-corrected chi connectivity index (χ0v) is 15.6. The van der Waals surface area contributed by atoms with Gasteiger partial charge in [-0.3, -0.25) is 10.1 Å². The molecule has 0 atom stereocenters. The van der Waals surface area contributed by atoms with Gasteiger partial charge in [0.15, 0.2) is 11.7 Å². The molecular formula is C17H15BrN2O4S. The van der Waals surface area contributed by atoms with Gasteiger partial charge < -0.3 is 14.8 Å². The highest BCUT2D eigenvalue weighted by Gasteiger charge is 2.08. The lowest BCUT2D eigenvalue weighted by atomic mass is 10.2. The van der Waals surface area contributed by atoms with E-state index >= 15 is 0 Å².